The van der Waals surface area contributed by atoms with Gasteiger partial charge in [-0.05, 0) is 0 Å². The molecule has 1 heterocycles. The molecule has 2 N–H and O–H groups in total. The Balaban J connectivity index is 2.81. The van der Waals surface area contributed by atoms with Crippen LogP contribution in [0.5, 0.6) is 5.75 Å². The van der Waals surface area contributed by atoms with Crippen LogP contribution < -0.4 is 10.5 Å². The van der Waals surface area contributed by atoms with Gasteiger partial charge >= 0.3 is 0 Å². The summed E-state index contributed by atoms with van der Waals surface area (Å²) in [5.74, 6) is 0.824. The standard InChI is InChI=1S/C10H13N3O/c1-13-9-8(6-12-13)4-3-7(5-11)10(9)14-2/h3-4,6H,5,11H2,1-2H3. The van der Waals surface area contributed by atoms with Crippen LogP contribution in [0, 0.1) is 0 Å². The lowest BCUT2D eigenvalue weighted by Crippen LogP contribution is -2.01. The molecule has 0 fully saturated rings. The largest absolute Gasteiger partial charge is 0.494 e. The lowest BCUT2D eigenvalue weighted by atomic mass is 10.1. The topological polar surface area (TPSA) is 53.1 Å². The highest BCUT2D eigenvalue weighted by Crippen LogP contribution is 2.28. The molecule has 0 amide bonds. The maximum Gasteiger partial charge on any atom is 0.149 e. The summed E-state index contributed by atoms with van der Waals surface area (Å²) >= 11 is 0. The maximum atomic E-state index is 5.63. The van der Waals surface area contributed by atoms with E-state index in [4.69, 9.17) is 10.5 Å². The minimum absolute atomic E-state index is 0.476. The molecule has 0 aliphatic heterocycles. The van der Waals surface area contributed by atoms with Crippen LogP contribution in [0.1, 0.15) is 5.56 Å². The molecule has 0 aliphatic rings. The van der Waals surface area contributed by atoms with Crippen molar-refractivity contribution in [2.75, 3.05) is 7.11 Å². The first-order chi connectivity index (χ1) is 6.77. The van der Waals surface area contributed by atoms with Gasteiger partial charge in [-0.25, -0.2) is 0 Å². The van der Waals surface area contributed by atoms with E-state index in [2.05, 4.69) is 5.10 Å². The molecule has 2 aromatic rings. The summed E-state index contributed by atoms with van der Waals surface area (Å²) in [5.41, 5.74) is 7.63. The van der Waals surface area contributed by atoms with E-state index in [1.807, 2.05) is 25.4 Å². The average Bonchev–Trinajstić information content (AvgIpc) is 2.59. The van der Waals surface area contributed by atoms with Crippen molar-refractivity contribution in [3.05, 3.63) is 23.9 Å². The van der Waals surface area contributed by atoms with Crippen LogP contribution in [0.25, 0.3) is 10.9 Å². The predicted molar refractivity (Wildman–Crippen MR) is 55.2 cm³/mol. The van der Waals surface area contributed by atoms with Crippen molar-refractivity contribution in [2.24, 2.45) is 12.8 Å². The van der Waals surface area contributed by atoms with Gasteiger partial charge in [0, 0.05) is 24.5 Å². The Labute approximate surface area is 82.3 Å². The summed E-state index contributed by atoms with van der Waals surface area (Å²) in [5, 5.41) is 5.25. The summed E-state index contributed by atoms with van der Waals surface area (Å²) < 4.78 is 7.15. The molecule has 0 unspecified atom stereocenters. The van der Waals surface area contributed by atoms with Crippen LogP contribution in [-0.4, -0.2) is 16.9 Å². The van der Waals surface area contributed by atoms with Crippen molar-refractivity contribution in [1.82, 2.24) is 9.78 Å². The van der Waals surface area contributed by atoms with Gasteiger partial charge in [-0.1, -0.05) is 12.1 Å². The van der Waals surface area contributed by atoms with Crippen LogP contribution in [-0.2, 0) is 13.6 Å². The van der Waals surface area contributed by atoms with Crippen molar-refractivity contribution in [3.63, 3.8) is 0 Å². The van der Waals surface area contributed by atoms with Gasteiger partial charge in [-0.2, -0.15) is 5.10 Å². The summed E-state index contributed by atoms with van der Waals surface area (Å²) in [6, 6.07) is 3.98. The van der Waals surface area contributed by atoms with Gasteiger partial charge in [0.25, 0.3) is 0 Å². The molecule has 2 rings (SSSR count). The van der Waals surface area contributed by atoms with Crippen molar-refractivity contribution < 1.29 is 4.74 Å². The summed E-state index contributed by atoms with van der Waals surface area (Å²) in [6.45, 7) is 0.476. The molecule has 0 saturated carbocycles. The molecule has 14 heavy (non-hydrogen) atoms. The van der Waals surface area contributed by atoms with Crippen LogP contribution in [0.15, 0.2) is 18.3 Å². The third-order valence-electron chi connectivity index (χ3n) is 2.36. The SMILES string of the molecule is COc1c(CN)ccc2cnn(C)c12. The van der Waals surface area contributed by atoms with E-state index in [-0.39, 0.29) is 0 Å². The molecule has 0 radical (unpaired) electrons. The quantitative estimate of drug-likeness (QED) is 0.771. The van der Waals surface area contributed by atoms with Crippen LogP contribution in [0.3, 0.4) is 0 Å². The van der Waals surface area contributed by atoms with E-state index in [1.165, 1.54) is 0 Å². The fraction of sp³-hybridized carbons (Fsp3) is 0.300. The van der Waals surface area contributed by atoms with E-state index in [1.54, 1.807) is 11.8 Å². The number of rotatable bonds is 2. The highest BCUT2D eigenvalue weighted by atomic mass is 16.5. The average molecular weight is 191 g/mol. The number of methoxy groups -OCH3 is 1. The maximum absolute atomic E-state index is 5.63. The Morgan fingerprint density at radius 2 is 2.29 bits per heavy atom. The first-order valence-corrected chi connectivity index (χ1v) is 4.45. The summed E-state index contributed by atoms with van der Waals surface area (Å²) in [7, 11) is 3.55. The fourth-order valence-electron chi connectivity index (χ4n) is 1.66. The zero-order chi connectivity index (χ0) is 10.1. The molecule has 1 aromatic carbocycles. The van der Waals surface area contributed by atoms with Gasteiger partial charge in [0.2, 0.25) is 0 Å². The second-order valence-corrected chi connectivity index (χ2v) is 3.17. The molecule has 0 spiro atoms. The fourth-order valence-corrected chi connectivity index (χ4v) is 1.66. The normalized spacial score (nSPS) is 10.8. The van der Waals surface area contributed by atoms with E-state index < -0.39 is 0 Å². The Bertz CT molecular complexity index is 462. The number of nitrogens with zero attached hydrogens (tertiary/aromatic N) is 2. The van der Waals surface area contributed by atoms with E-state index in [9.17, 15) is 0 Å². The first-order valence-electron chi connectivity index (χ1n) is 4.45. The molecule has 74 valence electrons. The highest BCUT2D eigenvalue weighted by Gasteiger charge is 2.10. The van der Waals surface area contributed by atoms with Gasteiger partial charge in [0.1, 0.15) is 11.3 Å². The molecule has 0 aliphatic carbocycles. The van der Waals surface area contributed by atoms with Crippen LogP contribution >= 0.6 is 0 Å². The van der Waals surface area contributed by atoms with E-state index in [0.29, 0.717) is 6.54 Å². The molecule has 0 atom stereocenters. The monoisotopic (exact) mass is 191 g/mol. The number of aromatic nitrogens is 2. The van der Waals surface area contributed by atoms with Crippen molar-refractivity contribution >= 4 is 10.9 Å². The van der Waals surface area contributed by atoms with Crippen LogP contribution in [0.4, 0.5) is 0 Å². The van der Waals surface area contributed by atoms with Gasteiger partial charge in [-0.3, -0.25) is 4.68 Å². The molecule has 1 aromatic heterocycles. The molecule has 0 saturated heterocycles. The number of aryl methyl sites for hydroxylation is 1. The van der Waals surface area contributed by atoms with E-state index in [0.717, 1.165) is 22.2 Å². The first kappa shape index (κ1) is 9.02. The molecular formula is C10H13N3O. The van der Waals surface area contributed by atoms with Crippen molar-refractivity contribution in [2.45, 2.75) is 6.54 Å². The molecular weight excluding hydrogens is 178 g/mol. The van der Waals surface area contributed by atoms with Crippen molar-refractivity contribution in [3.8, 4) is 5.75 Å². The van der Waals surface area contributed by atoms with Gasteiger partial charge in [-0.15, -0.1) is 0 Å². The second-order valence-electron chi connectivity index (χ2n) is 3.17. The Kier molecular flexibility index (Phi) is 2.13. The number of hydrogen-bond donors (Lipinski definition) is 1. The predicted octanol–water partition coefficient (Wildman–Crippen LogP) is 1.04. The third-order valence-corrected chi connectivity index (χ3v) is 2.36. The summed E-state index contributed by atoms with van der Waals surface area (Å²) in [4.78, 5) is 0. The number of fused-ring (bicyclic) bond motifs is 1. The molecule has 0 bridgehead atoms. The van der Waals surface area contributed by atoms with E-state index >= 15 is 0 Å². The highest BCUT2D eigenvalue weighted by molar-refractivity contribution is 5.86. The Morgan fingerprint density at radius 3 is 2.93 bits per heavy atom. The number of hydrogen-bond acceptors (Lipinski definition) is 3. The lowest BCUT2D eigenvalue weighted by Gasteiger charge is -2.08. The zero-order valence-electron chi connectivity index (χ0n) is 8.32. The van der Waals surface area contributed by atoms with Crippen molar-refractivity contribution in [1.29, 1.82) is 0 Å². The minimum atomic E-state index is 0.476. The number of benzene rings is 1. The number of nitrogens with two attached hydrogens (primary N) is 1. The van der Waals surface area contributed by atoms with Crippen LogP contribution in [0.2, 0.25) is 0 Å². The summed E-state index contributed by atoms with van der Waals surface area (Å²) in [6.07, 6.45) is 1.82. The number of ether oxygens (including phenoxy) is 1. The van der Waals surface area contributed by atoms with Gasteiger partial charge in [0.15, 0.2) is 0 Å². The minimum Gasteiger partial charge on any atom is -0.494 e. The van der Waals surface area contributed by atoms with Gasteiger partial charge in [0.05, 0.1) is 13.3 Å². The lowest BCUT2D eigenvalue weighted by molar-refractivity contribution is 0.412. The zero-order valence-corrected chi connectivity index (χ0v) is 8.32. The van der Waals surface area contributed by atoms with Gasteiger partial charge < -0.3 is 10.5 Å². The second kappa shape index (κ2) is 3.31. The molecule has 4 nitrogen and oxygen atoms in total. The smallest absolute Gasteiger partial charge is 0.149 e. The molecule has 4 heteroatoms. The third kappa shape index (κ3) is 1.15. The Hall–Kier alpha value is -1.55. The Morgan fingerprint density at radius 1 is 1.50 bits per heavy atom.